The summed E-state index contributed by atoms with van der Waals surface area (Å²) in [5.74, 6) is 2.14. The molecule has 0 unspecified atom stereocenters. The van der Waals surface area contributed by atoms with Gasteiger partial charge in [-0.05, 0) is 57.5 Å². The maximum atomic E-state index is 6.13. The first-order valence-electron chi connectivity index (χ1n) is 7.67. The van der Waals surface area contributed by atoms with Crippen molar-refractivity contribution in [2.75, 3.05) is 26.2 Å². The molecule has 0 atom stereocenters. The quantitative estimate of drug-likeness (QED) is 0.715. The number of hydrogen-bond donors (Lipinski definition) is 0. The maximum absolute atomic E-state index is 6.13. The van der Waals surface area contributed by atoms with E-state index in [-0.39, 0.29) is 5.60 Å². The van der Waals surface area contributed by atoms with Gasteiger partial charge >= 0.3 is 0 Å². The second-order valence-electron chi connectivity index (χ2n) is 7.28. The van der Waals surface area contributed by atoms with Crippen molar-refractivity contribution in [1.82, 2.24) is 4.90 Å². The van der Waals surface area contributed by atoms with Crippen LogP contribution in [0.2, 0.25) is 0 Å². The number of ether oxygens (including phenoxy) is 1. The van der Waals surface area contributed by atoms with Gasteiger partial charge in [0.25, 0.3) is 0 Å². The summed E-state index contributed by atoms with van der Waals surface area (Å²) < 4.78 is 6.13. The van der Waals surface area contributed by atoms with E-state index in [0.717, 1.165) is 18.4 Å². The number of nitrogens with zero attached hydrogens (tertiary/aromatic N) is 1. The minimum atomic E-state index is 0.0498. The molecule has 0 aromatic rings. The zero-order valence-corrected chi connectivity index (χ0v) is 13.3. The Hall–Kier alpha value is -0.0800. The molecule has 0 aromatic heterocycles. The Bertz CT molecular complexity index is 227. The Morgan fingerprint density at radius 2 is 1.61 bits per heavy atom. The van der Waals surface area contributed by atoms with Crippen molar-refractivity contribution >= 4 is 0 Å². The fourth-order valence-corrected chi connectivity index (χ4v) is 2.83. The van der Waals surface area contributed by atoms with Gasteiger partial charge in [-0.15, -0.1) is 0 Å². The molecule has 0 aromatic carbocycles. The van der Waals surface area contributed by atoms with Crippen LogP contribution in [-0.4, -0.2) is 36.7 Å². The predicted octanol–water partition coefficient (Wildman–Crippen LogP) is 3.81. The lowest BCUT2D eigenvalue weighted by Crippen LogP contribution is -2.44. The van der Waals surface area contributed by atoms with Gasteiger partial charge in [-0.3, -0.25) is 0 Å². The first kappa shape index (κ1) is 16.0. The normalized spacial score (nSPS) is 20.0. The SMILES string of the molecule is CC(C)COC(C)(C)C1CCN(CC(C)C)CC1. The Kier molecular flexibility index (Phi) is 6.13. The zero-order chi connectivity index (χ0) is 13.8. The molecule has 2 heteroatoms. The van der Waals surface area contributed by atoms with Gasteiger partial charge in [0.15, 0.2) is 0 Å². The molecule has 1 aliphatic heterocycles. The molecule has 1 rings (SSSR count). The summed E-state index contributed by atoms with van der Waals surface area (Å²) in [5.41, 5.74) is 0.0498. The summed E-state index contributed by atoms with van der Waals surface area (Å²) in [6, 6.07) is 0. The van der Waals surface area contributed by atoms with E-state index >= 15 is 0 Å². The molecule has 0 saturated carbocycles. The maximum Gasteiger partial charge on any atom is 0.0655 e. The second kappa shape index (κ2) is 6.91. The van der Waals surface area contributed by atoms with Gasteiger partial charge in [0.05, 0.1) is 5.60 Å². The van der Waals surface area contributed by atoms with Gasteiger partial charge in [-0.1, -0.05) is 27.7 Å². The van der Waals surface area contributed by atoms with Crippen LogP contribution in [0.1, 0.15) is 54.4 Å². The highest BCUT2D eigenvalue weighted by Crippen LogP contribution is 2.31. The van der Waals surface area contributed by atoms with Crippen molar-refractivity contribution in [1.29, 1.82) is 0 Å². The largest absolute Gasteiger partial charge is 0.375 e. The average molecular weight is 255 g/mol. The third-order valence-electron chi connectivity index (χ3n) is 3.98. The second-order valence-corrected chi connectivity index (χ2v) is 7.28. The highest BCUT2D eigenvalue weighted by atomic mass is 16.5. The lowest BCUT2D eigenvalue weighted by Gasteiger charge is -2.41. The molecule has 2 nitrogen and oxygen atoms in total. The summed E-state index contributed by atoms with van der Waals surface area (Å²) in [6.07, 6.45) is 2.58. The lowest BCUT2D eigenvalue weighted by atomic mass is 9.82. The fraction of sp³-hybridized carbons (Fsp3) is 1.00. The summed E-state index contributed by atoms with van der Waals surface area (Å²) in [6.45, 7) is 18.2. The Balaban J connectivity index is 2.36. The number of rotatable bonds is 6. The van der Waals surface area contributed by atoms with Crippen molar-refractivity contribution in [2.45, 2.75) is 60.0 Å². The molecular weight excluding hydrogens is 222 g/mol. The van der Waals surface area contributed by atoms with Gasteiger partial charge in [0.2, 0.25) is 0 Å². The summed E-state index contributed by atoms with van der Waals surface area (Å²) in [7, 11) is 0. The van der Waals surface area contributed by atoms with Crippen LogP contribution in [0.25, 0.3) is 0 Å². The van der Waals surface area contributed by atoms with E-state index in [0.29, 0.717) is 5.92 Å². The lowest BCUT2D eigenvalue weighted by molar-refractivity contribution is -0.0854. The van der Waals surface area contributed by atoms with Crippen LogP contribution in [-0.2, 0) is 4.74 Å². The highest BCUT2D eigenvalue weighted by molar-refractivity contribution is 4.85. The number of likely N-dealkylation sites (tertiary alicyclic amines) is 1. The monoisotopic (exact) mass is 255 g/mol. The first-order chi connectivity index (χ1) is 8.31. The molecule has 0 amide bonds. The van der Waals surface area contributed by atoms with Crippen LogP contribution in [0.4, 0.5) is 0 Å². The summed E-state index contributed by atoms with van der Waals surface area (Å²) in [5, 5.41) is 0. The number of hydrogen-bond acceptors (Lipinski definition) is 2. The molecule has 1 fully saturated rings. The molecule has 18 heavy (non-hydrogen) atoms. The van der Waals surface area contributed by atoms with Crippen molar-refractivity contribution in [3.63, 3.8) is 0 Å². The third-order valence-corrected chi connectivity index (χ3v) is 3.98. The minimum absolute atomic E-state index is 0.0498. The van der Waals surface area contributed by atoms with E-state index in [9.17, 15) is 0 Å². The fourth-order valence-electron chi connectivity index (χ4n) is 2.83. The van der Waals surface area contributed by atoms with Gasteiger partial charge in [-0.2, -0.15) is 0 Å². The van der Waals surface area contributed by atoms with Crippen molar-refractivity contribution in [2.24, 2.45) is 17.8 Å². The van der Waals surface area contributed by atoms with E-state index in [1.54, 1.807) is 0 Å². The molecule has 0 bridgehead atoms. The molecule has 0 radical (unpaired) electrons. The van der Waals surface area contributed by atoms with Crippen LogP contribution in [0.15, 0.2) is 0 Å². The molecule has 108 valence electrons. The average Bonchev–Trinajstić information content (AvgIpc) is 2.26. The van der Waals surface area contributed by atoms with Crippen LogP contribution in [0, 0.1) is 17.8 Å². The van der Waals surface area contributed by atoms with E-state index < -0.39 is 0 Å². The highest BCUT2D eigenvalue weighted by Gasteiger charge is 2.33. The van der Waals surface area contributed by atoms with Crippen LogP contribution < -0.4 is 0 Å². The Morgan fingerprint density at radius 3 is 2.06 bits per heavy atom. The van der Waals surface area contributed by atoms with Crippen molar-refractivity contribution in [3.8, 4) is 0 Å². The minimum Gasteiger partial charge on any atom is -0.375 e. The van der Waals surface area contributed by atoms with Crippen LogP contribution in [0.3, 0.4) is 0 Å². The zero-order valence-electron chi connectivity index (χ0n) is 13.3. The van der Waals surface area contributed by atoms with Gasteiger partial charge < -0.3 is 9.64 Å². The van der Waals surface area contributed by atoms with Gasteiger partial charge in [-0.25, -0.2) is 0 Å². The molecule has 0 N–H and O–H groups in total. The van der Waals surface area contributed by atoms with E-state index in [1.807, 2.05) is 0 Å². The van der Waals surface area contributed by atoms with Crippen LogP contribution >= 0.6 is 0 Å². The summed E-state index contributed by atoms with van der Waals surface area (Å²) >= 11 is 0. The van der Waals surface area contributed by atoms with Crippen LogP contribution in [0.5, 0.6) is 0 Å². The standard InChI is InChI=1S/C16H33NO/c1-13(2)11-17-9-7-15(8-10-17)16(5,6)18-12-14(3)4/h13-15H,7-12H2,1-6H3. The summed E-state index contributed by atoms with van der Waals surface area (Å²) in [4.78, 5) is 2.61. The molecule has 0 aliphatic carbocycles. The molecule has 1 aliphatic rings. The molecule has 1 heterocycles. The Morgan fingerprint density at radius 1 is 1.06 bits per heavy atom. The molecule has 1 saturated heterocycles. The van der Waals surface area contributed by atoms with E-state index in [2.05, 4.69) is 46.4 Å². The molecule has 0 spiro atoms. The molecular formula is C16H33NO. The predicted molar refractivity (Wildman–Crippen MR) is 78.9 cm³/mol. The van der Waals surface area contributed by atoms with Crippen molar-refractivity contribution in [3.05, 3.63) is 0 Å². The Labute approximate surface area is 114 Å². The smallest absolute Gasteiger partial charge is 0.0655 e. The van der Waals surface area contributed by atoms with Crippen molar-refractivity contribution < 1.29 is 4.74 Å². The topological polar surface area (TPSA) is 12.5 Å². The first-order valence-corrected chi connectivity index (χ1v) is 7.67. The van der Waals surface area contributed by atoms with Gasteiger partial charge in [0.1, 0.15) is 0 Å². The van der Waals surface area contributed by atoms with Gasteiger partial charge in [0, 0.05) is 13.2 Å². The third kappa shape index (κ3) is 5.27. The number of piperidine rings is 1. The van der Waals surface area contributed by atoms with E-state index in [1.165, 1.54) is 32.5 Å². The van der Waals surface area contributed by atoms with E-state index in [4.69, 9.17) is 4.74 Å².